The predicted octanol–water partition coefficient (Wildman–Crippen LogP) is 2.42. The molecule has 0 aromatic heterocycles. The molecule has 7 heteroatoms. The number of hydrogen-bond acceptors (Lipinski definition) is 5. The first-order valence-electron chi connectivity index (χ1n) is 7.29. The monoisotopic (exact) mass is 341 g/mol. The Bertz CT molecular complexity index is 805. The van der Waals surface area contributed by atoms with Crippen LogP contribution in [0.15, 0.2) is 48.5 Å². The van der Waals surface area contributed by atoms with Crippen molar-refractivity contribution in [3.05, 3.63) is 59.7 Å². The molecule has 122 valence electrons. The highest BCUT2D eigenvalue weighted by Crippen LogP contribution is 2.23. The quantitative estimate of drug-likeness (QED) is 0.741. The summed E-state index contributed by atoms with van der Waals surface area (Å²) in [4.78, 5) is 35.0. The molecule has 2 aromatic carbocycles. The third-order valence-electron chi connectivity index (χ3n) is 3.61. The van der Waals surface area contributed by atoms with Gasteiger partial charge in [0.05, 0.1) is 16.6 Å². The number of para-hydroxylation sites is 2. The third-order valence-corrected chi connectivity index (χ3v) is 4.59. The van der Waals surface area contributed by atoms with Gasteiger partial charge in [-0.15, -0.1) is 0 Å². The standard InChI is InChI=1S/C17H15N3O3S/c18-12-3-1-2-4-13(12)19-15(21)11-7-5-10(6-8-11)9-14-16(22)20-17(23)24-14/h1-8,14H,9,18H2,(H,19,21)(H,20,22,23). The summed E-state index contributed by atoms with van der Waals surface area (Å²) in [6.45, 7) is 0. The fraction of sp³-hybridized carbons (Fsp3) is 0.118. The summed E-state index contributed by atoms with van der Waals surface area (Å²) < 4.78 is 0. The summed E-state index contributed by atoms with van der Waals surface area (Å²) in [5.74, 6) is -0.533. The maximum Gasteiger partial charge on any atom is 0.286 e. The topological polar surface area (TPSA) is 101 Å². The van der Waals surface area contributed by atoms with Crippen molar-refractivity contribution >= 4 is 40.2 Å². The molecule has 1 fully saturated rings. The SMILES string of the molecule is Nc1ccccc1NC(=O)c1ccc(CC2SC(=O)NC2=O)cc1. The van der Waals surface area contributed by atoms with Crippen molar-refractivity contribution in [2.45, 2.75) is 11.7 Å². The molecular formula is C17H15N3O3S. The zero-order valence-corrected chi connectivity index (χ0v) is 13.4. The van der Waals surface area contributed by atoms with Crippen molar-refractivity contribution in [3.63, 3.8) is 0 Å². The molecule has 1 aliphatic rings. The Balaban J connectivity index is 1.66. The fourth-order valence-corrected chi connectivity index (χ4v) is 3.20. The van der Waals surface area contributed by atoms with E-state index in [9.17, 15) is 14.4 Å². The third kappa shape index (κ3) is 3.57. The molecule has 0 bridgehead atoms. The van der Waals surface area contributed by atoms with E-state index in [1.165, 1.54) is 0 Å². The van der Waals surface area contributed by atoms with Crippen molar-refractivity contribution in [2.75, 3.05) is 11.1 Å². The van der Waals surface area contributed by atoms with Crippen molar-refractivity contribution < 1.29 is 14.4 Å². The molecule has 1 unspecified atom stereocenters. The Hall–Kier alpha value is -2.80. The predicted molar refractivity (Wildman–Crippen MR) is 93.9 cm³/mol. The molecule has 0 radical (unpaired) electrons. The molecule has 3 amide bonds. The van der Waals surface area contributed by atoms with E-state index in [4.69, 9.17) is 5.73 Å². The van der Waals surface area contributed by atoms with Gasteiger partial charge in [-0.25, -0.2) is 0 Å². The maximum absolute atomic E-state index is 12.2. The van der Waals surface area contributed by atoms with Gasteiger partial charge in [0.25, 0.3) is 11.1 Å². The van der Waals surface area contributed by atoms with Crippen molar-refractivity contribution in [1.29, 1.82) is 0 Å². The highest BCUT2D eigenvalue weighted by molar-refractivity contribution is 8.15. The van der Waals surface area contributed by atoms with Gasteiger partial charge in [0.1, 0.15) is 0 Å². The first kappa shape index (κ1) is 16.1. The average molecular weight is 341 g/mol. The van der Waals surface area contributed by atoms with Gasteiger partial charge in [0, 0.05) is 5.56 Å². The minimum Gasteiger partial charge on any atom is -0.397 e. The zero-order chi connectivity index (χ0) is 17.1. The second kappa shape index (κ2) is 6.76. The Morgan fingerprint density at radius 1 is 1.12 bits per heavy atom. The number of hydrogen-bond donors (Lipinski definition) is 3. The number of amides is 3. The first-order chi connectivity index (χ1) is 11.5. The molecular weight excluding hydrogens is 326 g/mol. The van der Waals surface area contributed by atoms with Crippen LogP contribution in [0.4, 0.5) is 16.2 Å². The van der Waals surface area contributed by atoms with Gasteiger partial charge in [0.15, 0.2) is 0 Å². The summed E-state index contributed by atoms with van der Waals surface area (Å²) in [6.07, 6.45) is 0.440. The molecule has 1 aliphatic heterocycles. The van der Waals surface area contributed by atoms with Gasteiger partial charge in [-0.3, -0.25) is 19.7 Å². The number of rotatable bonds is 4. The van der Waals surface area contributed by atoms with Crippen LogP contribution in [0.25, 0.3) is 0 Å². The van der Waals surface area contributed by atoms with Crippen LogP contribution in [-0.2, 0) is 11.2 Å². The first-order valence-corrected chi connectivity index (χ1v) is 8.17. The molecule has 3 rings (SSSR count). The second-order valence-corrected chi connectivity index (χ2v) is 6.50. The van der Waals surface area contributed by atoms with Crippen LogP contribution in [0.3, 0.4) is 0 Å². The van der Waals surface area contributed by atoms with Gasteiger partial charge in [-0.05, 0) is 36.2 Å². The number of anilines is 2. The highest BCUT2D eigenvalue weighted by Gasteiger charge is 2.31. The summed E-state index contributed by atoms with van der Waals surface area (Å²) in [7, 11) is 0. The van der Waals surface area contributed by atoms with E-state index in [0.29, 0.717) is 23.4 Å². The molecule has 1 saturated heterocycles. The van der Waals surface area contributed by atoms with E-state index in [1.54, 1.807) is 48.5 Å². The fourth-order valence-electron chi connectivity index (χ4n) is 2.34. The molecule has 0 aliphatic carbocycles. The number of thioether (sulfide) groups is 1. The van der Waals surface area contributed by atoms with E-state index in [0.717, 1.165) is 17.3 Å². The number of nitrogens with two attached hydrogens (primary N) is 1. The van der Waals surface area contributed by atoms with Crippen molar-refractivity contribution in [3.8, 4) is 0 Å². The maximum atomic E-state index is 12.2. The lowest BCUT2D eigenvalue weighted by Gasteiger charge is -2.09. The lowest BCUT2D eigenvalue weighted by molar-refractivity contribution is -0.118. The van der Waals surface area contributed by atoms with E-state index in [1.807, 2.05) is 0 Å². The molecule has 1 atom stereocenters. The summed E-state index contributed by atoms with van der Waals surface area (Å²) in [5, 5.41) is 4.28. The molecule has 4 N–H and O–H groups in total. The normalized spacial score (nSPS) is 16.8. The number of carbonyl (C=O) groups is 3. The van der Waals surface area contributed by atoms with E-state index in [-0.39, 0.29) is 17.1 Å². The number of benzene rings is 2. The number of nitrogen functional groups attached to an aromatic ring is 1. The minimum atomic E-state index is -0.415. The van der Waals surface area contributed by atoms with Crippen LogP contribution in [0.5, 0.6) is 0 Å². The van der Waals surface area contributed by atoms with Crippen LogP contribution >= 0.6 is 11.8 Å². The minimum absolute atomic E-state index is 0.261. The highest BCUT2D eigenvalue weighted by atomic mass is 32.2. The van der Waals surface area contributed by atoms with Gasteiger partial charge in [-0.1, -0.05) is 36.0 Å². The molecule has 24 heavy (non-hydrogen) atoms. The molecule has 1 heterocycles. The largest absolute Gasteiger partial charge is 0.397 e. The van der Waals surface area contributed by atoms with Crippen molar-refractivity contribution in [2.24, 2.45) is 0 Å². The van der Waals surface area contributed by atoms with Crippen LogP contribution in [-0.4, -0.2) is 22.3 Å². The van der Waals surface area contributed by atoms with Gasteiger partial charge in [0.2, 0.25) is 5.91 Å². The Labute approximate surface area is 142 Å². The Kier molecular flexibility index (Phi) is 4.52. The molecule has 0 saturated carbocycles. The Morgan fingerprint density at radius 2 is 1.83 bits per heavy atom. The summed E-state index contributed by atoms with van der Waals surface area (Å²) in [6, 6.07) is 14.0. The Morgan fingerprint density at radius 3 is 2.46 bits per heavy atom. The van der Waals surface area contributed by atoms with E-state index < -0.39 is 5.25 Å². The lowest BCUT2D eigenvalue weighted by atomic mass is 10.1. The van der Waals surface area contributed by atoms with Gasteiger partial charge in [-0.2, -0.15) is 0 Å². The summed E-state index contributed by atoms with van der Waals surface area (Å²) >= 11 is 0.990. The molecule has 2 aromatic rings. The van der Waals surface area contributed by atoms with Crippen molar-refractivity contribution in [1.82, 2.24) is 5.32 Å². The second-order valence-electron chi connectivity index (χ2n) is 5.33. The lowest BCUT2D eigenvalue weighted by Crippen LogP contribution is -2.25. The van der Waals surface area contributed by atoms with Gasteiger partial charge >= 0.3 is 0 Å². The van der Waals surface area contributed by atoms with E-state index >= 15 is 0 Å². The number of carbonyl (C=O) groups excluding carboxylic acids is 3. The van der Waals surface area contributed by atoms with Crippen LogP contribution in [0.1, 0.15) is 15.9 Å². The number of nitrogens with one attached hydrogen (secondary N) is 2. The zero-order valence-electron chi connectivity index (χ0n) is 12.6. The van der Waals surface area contributed by atoms with Crippen LogP contribution < -0.4 is 16.4 Å². The molecule has 6 nitrogen and oxygen atoms in total. The molecule has 0 spiro atoms. The summed E-state index contributed by atoms with van der Waals surface area (Å²) in [5.41, 5.74) is 8.23. The van der Waals surface area contributed by atoms with Gasteiger partial charge < -0.3 is 11.1 Å². The smallest absolute Gasteiger partial charge is 0.286 e. The average Bonchev–Trinajstić information content (AvgIpc) is 2.88. The van der Waals surface area contributed by atoms with Crippen LogP contribution in [0.2, 0.25) is 0 Å². The van der Waals surface area contributed by atoms with Crippen LogP contribution in [0, 0.1) is 0 Å². The van der Waals surface area contributed by atoms with E-state index in [2.05, 4.69) is 10.6 Å². The number of imide groups is 1.